The number of carbonyl (C=O) groups excluding carboxylic acids is 3. The summed E-state index contributed by atoms with van der Waals surface area (Å²) in [5.74, 6) is -0.374. The van der Waals surface area contributed by atoms with Gasteiger partial charge in [-0.3, -0.25) is 20.2 Å². The third-order valence-corrected chi connectivity index (χ3v) is 3.25. The highest BCUT2D eigenvalue weighted by Crippen LogP contribution is 2.32. The highest BCUT2D eigenvalue weighted by atomic mass is 32.2. The molecule has 0 aliphatic carbocycles. The first-order valence-corrected chi connectivity index (χ1v) is 6.47. The molecule has 1 saturated heterocycles. The second-order valence-corrected chi connectivity index (χ2v) is 5.22. The van der Waals surface area contributed by atoms with Crippen molar-refractivity contribution in [1.82, 2.24) is 10.6 Å². The van der Waals surface area contributed by atoms with Gasteiger partial charge in [-0.05, 0) is 18.6 Å². The van der Waals surface area contributed by atoms with Crippen molar-refractivity contribution in [3.8, 4) is 0 Å². The number of carbonyl (C=O) groups is 3. The van der Waals surface area contributed by atoms with E-state index in [0.29, 0.717) is 12.2 Å². The van der Waals surface area contributed by atoms with Crippen LogP contribution in [0.15, 0.2) is 0 Å². The zero-order valence-corrected chi connectivity index (χ0v) is 10.4. The lowest BCUT2D eigenvalue weighted by molar-refractivity contribution is -0.143. The molecule has 1 aliphatic heterocycles. The summed E-state index contributed by atoms with van der Waals surface area (Å²) in [7, 11) is 0. The average molecular weight is 244 g/mol. The van der Waals surface area contributed by atoms with Crippen LogP contribution in [0.5, 0.6) is 0 Å². The number of amides is 4. The lowest BCUT2D eigenvalue weighted by Crippen LogP contribution is -2.63. The van der Waals surface area contributed by atoms with Gasteiger partial charge in [-0.25, -0.2) is 4.79 Å². The Hall–Kier alpha value is -1.04. The predicted molar refractivity (Wildman–Crippen MR) is 62.0 cm³/mol. The van der Waals surface area contributed by atoms with Gasteiger partial charge in [-0.15, -0.1) is 0 Å². The van der Waals surface area contributed by atoms with Crippen LogP contribution in [0.25, 0.3) is 0 Å². The molecule has 1 fully saturated rings. The van der Waals surface area contributed by atoms with Gasteiger partial charge in [0.15, 0.2) is 0 Å². The molecule has 0 bridgehead atoms. The molecule has 0 atom stereocenters. The molecular formula is C10H16N2O3S. The summed E-state index contributed by atoms with van der Waals surface area (Å²) < 4.78 is 0. The molecule has 5 nitrogen and oxygen atoms in total. The molecule has 0 aromatic rings. The van der Waals surface area contributed by atoms with Crippen LogP contribution in [0.3, 0.4) is 0 Å². The van der Waals surface area contributed by atoms with Crippen LogP contribution in [-0.2, 0) is 9.59 Å². The number of hydrogen-bond acceptors (Lipinski definition) is 4. The van der Waals surface area contributed by atoms with Crippen molar-refractivity contribution < 1.29 is 14.4 Å². The number of rotatable bonds is 4. The van der Waals surface area contributed by atoms with Gasteiger partial charge in [-0.1, -0.05) is 13.8 Å². The highest BCUT2D eigenvalue weighted by molar-refractivity contribution is 7.98. The fraction of sp³-hybridized carbons (Fsp3) is 0.700. The summed E-state index contributed by atoms with van der Waals surface area (Å²) in [6, 6.07) is -0.726. The van der Waals surface area contributed by atoms with Gasteiger partial charge in [-0.2, -0.15) is 11.8 Å². The Balaban J connectivity index is 3.01. The van der Waals surface area contributed by atoms with E-state index in [9.17, 15) is 14.4 Å². The molecule has 0 spiro atoms. The maximum atomic E-state index is 11.9. The number of imide groups is 2. The average Bonchev–Trinajstić information content (AvgIpc) is 2.13. The van der Waals surface area contributed by atoms with E-state index in [0.717, 1.165) is 0 Å². The molecule has 16 heavy (non-hydrogen) atoms. The summed E-state index contributed by atoms with van der Waals surface area (Å²) in [6.45, 7) is 3.89. The van der Waals surface area contributed by atoms with E-state index in [1.54, 1.807) is 0 Å². The lowest BCUT2D eigenvalue weighted by atomic mass is 9.79. The molecule has 0 radical (unpaired) electrons. The molecule has 0 unspecified atom stereocenters. The molecule has 2 N–H and O–H groups in total. The fourth-order valence-corrected chi connectivity index (χ4v) is 2.77. The van der Waals surface area contributed by atoms with Crippen molar-refractivity contribution in [2.75, 3.05) is 12.0 Å². The van der Waals surface area contributed by atoms with Crippen molar-refractivity contribution in [3.63, 3.8) is 0 Å². The van der Waals surface area contributed by atoms with Gasteiger partial charge in [0.2, 0.25) is 11.8 Å². The van der Waals surface area contributed by atoms with Crippen molar-refractivity contribution in [2.24, 2.45) is 11.3 Å². The van der Waals surface area contributed by atoms with Gasteiger partial charge >= 0.3 is 6.03 Å². The van der Waals surface area contributed by atoms with Crippen LogP contribution in [0.2, 0.25) is 0 Å². The summed E-state index contributed by atoms with van der Waals surface area (Å²) in [6.07, 6.45) is 2.28. The summed E-state index contributed by atoms with van der Waals surface area (Å²) in [4.78, 5) is 34.7. The summed E-state index contributed by atoms with van der Waals surface area (Å²) >= 11 is 1.42. The van der Waals surface area contributed by atoms with E-state index < -0.39 is 23.3 Å². The highest BCUT2D eigenvalue weighted by Gasteiger charge is 2.49. The van der Waals surface area contributed by atoms with Crippen LogP contribution in [-0.4, -0.2) is 29.9 Å². The lowest BCUT2D eigenvalue weighted by Gasteiger charge is -2.34. The minimum Gasteiger partial charge on any atom is -0.277 e. The van der Waals surface area contributed by atoms with Crippen molar-refractivity contribution in [2.45, 2.75) is 20.3 Å². The molecule has 0 aromatic carbocycles. The van der Waals surface area contributed by atoms with Gasteiger partial charge in [0.05, 0.1) is 0 Å². The van der Waals surface area contributed by atoms with Gasteiger partial charge in [0.25, 0.3) is 0 Å². The van der Waals surface area contributed by atoms with Crippen LogP contribution >= 0.6 is 11.8 Å². The molecule has 0 aromatic heterocycles. The number of hydrogen-bond donors (Lipinski definition) is 2. The Bertz CT molecular complexity index is 308. The molecule has 1 heterocycles. The van der Waals surface area contributed by atoms with E-state index in [4.69, 9.17) is 0 Å². The van der Waals surface area contributed by atoms with Gasteiger partial charge in [0, 0.05) is 5.75 Å². The third kappa shape index (κ3) is 2.37. The van der Waals surface area contributed by atoms with E-state index >= 15 is 0 Å². The van der Waals surface area contributed by atoms with Crippen molar-refractivity contribution in [3.05, 3.63) is 0 Å². The van der Waals surface area contributed by atoms with Gasteiger partial charge in [0.1, 0.15) is 5.41 Å². The van der Waals surface area contributed by atoms with E-state index in [2.05, 4.69) is 10.6 Å². The largest absolute Gasteiger partial charge is 0.328 e. The number of urea groups is 1. The quantitative estimate of drug-likeness (QED) is 0.715. The van der Waals surface area contributed by atoms with E-state index in [1.165, 1.54) is 11.8 Å². The second kappa shape index (κ2) is 4.86. The first kappa shape index (κ1) is 13.0. The molecule has 0 saturated carbocycles. The van der Waals surface area contributed by atoms with Crippen molar-refractivity contribution >= 4 is 29.6 Å². The van der Waals surface area contributed by atoms with Crippen LogP contribution in [0, 0.1) is 11.3 Å². The number of thioether (sulfide) groups is 1. The van der Waals surface area contributed by atoms with Crippen molar-refractivity contribution in [1.29, 1.82) is 0 Å². The summed E-state index contributed by atoms with van der Waals surface area (Å²) in [5, 5.41) is 4.34. The van der Waals surface area contributed by atoms with E-state index in [-0.39, 0.29) is 5.92 Å². The maximum Gasteiger partial charge on any atom is 0.328 e. The smallest absolute Gasteiger partial charge is 0.277 e. The van der Waals surface area contributed by atoms with Gasteiger partial charge < -0.3 is 0 Å². The molecule has 1 aliphatic rings. The minimum atomic E-state index is -1.11. The maximum absolute atomic E-state index is 11.9. The zero-order valence-electron chi connectivity index (χ0n) is 9.62. The topological polar surface area (TPSA) is 75.3 Å². The Kier molecular flexibility index (Phi) is 3.96. The molecule has 1 rings (SSSR count). The zero-order chi connectivity index (χ0) is 12.3. The van der Waals surface area contributed by atoms with Crippen LogP contribution < -0.4 is 10.6 Å². The SMILES string of the molecule is CSCC1(CC(C)C)C(=O)NC(=O)NC1=O. The number of nitrogens with one attached hydrogen (secondary N) is 2. The Labute approximate surface area is 98.7 Å². The standard InChI is InChI=1S/C10H16N2O3S/c1-6(2)4-10(5-16-3)7(13)11-9(15)12-8(10)14/h6H,4-5H2,1-3H3,(H2,11,12,13,14,15). The number of barbiturate groups is 1. The third-order valence-electron chi connectivity index (χ3n) is 2.47. The normalized spacial score (nSPS) is 19.6. The molecule has 4 amide bonds. The molecule has 6 heteroatoms. The predicted octanol–water partition coefficient (Wildman–Crippen LogP) is 0.748. The van der Waals surface area contributed by atoms with Crippen LogP contribution in [0.1, 0.15) is 20.3 Å². The Morgan fingerprint density at radius 2 is 1.69 bits per heavy atom. The monoisotopic (exact) mass is 244 g/mol. The van der Waals surface area contributed by atoms with Crippen LogP contribution in [0.4, 0.5) is 4.79 Å². The first-order valence-electron chi connectivity index (χ1n) is 5.08. The second-order valence-electron chi connectivity index (χ2n) is 4.35. The fourth-order valence-electron chi connectivity index (χ4n) is 1.90. The Morgan fingerprint density at radius 1 is 1.19 bits per heavy atom. The van der Waals surface area contributed by atoms with E-state index in [1.807, 2.05) is 20.1 Å². The summed E-state index contributed by atoms with van der Waals surface area (Å²) in [5.41, 5.74) is -1.11. The Morgan fingerprint density at radius 3 is 2.06 bits per heavy atom. The molecular weight excluding hydrogens is 228 g/mol. The minimum absolute atomic E-state index is 0.205. The first-order chi connectivity index (χ1) is 7.42. The molecule has 90 valence electrons.